The van der Waals surface area contributed by atoms with Gasteiger partial charge in [-0.3, -0.25) is 9.69 Å². The van der Waals surface area contributed by atoms with Crippen molar-refractivity contribution in [3.05, 3.63) is 0 Å². The molecule has 2 aliphatic rings. The quantitative estimate of drug-likeness (QED) is 0.793. The molecule has 1 aliphatic heterocycles. The first kappa shape index (κ1) is 14.8. The van der Waals surface area contributed by atoms with E-state index in [1.54, 1.807) is 0 Å². The Bertz CT molecular complexity index is 294. The number of hydrogen-bond acceptors (Lipinski definition) is 3. The molecule has 2 fully saturated rings. The maximum absolute atomic E-state index is 12.5. The topological polar surface area (TPSA) is 58.4 Å². The summed E-state index contributed by atoms with van der Waals surface area (Å²) in [6, 6.07) is 0.449. The van der Waals surface area contributed by atoms with Gasteiger partial charge >= 0.3 is 0 Å². The molecule has 0 bridgehead atoms. The highest BCUT2D eigenvalue weighted by Gasteiger charge is 2.38. The van der Waals surface area contributed by atoms with Gasteiger partial charge < -0.3 is 11.1 Å². The van der Waals surface area contributed by atoms with E-state index in [0.717, 1.165) is 32.2 Å². The van der Waals surface area contributed by atoms with Crippen LogP contribution < -0.4 is 11.1 Å². The van der Waals surface area contributed by atoms with Gasteiger partial charge in [0, 0.05) is 19.1 Å². The molecule has 1 atom stereocenters. The van der Waals surface area contributed by atoms with E-state index < -0.39 is 0 Å². The third kappa shape index (κ3) is 3.48. The van der Waals surface area contributed by atoms with Crippen molar-refractivity contribution in [2.45, 2.75) is 57.9 Å². The zero-order chi connectivity index (χ0) is 13.7. The number of likely N-dealkylation sites (tertiary alicyclic amines) is 1. The van der Waals surface area contributed by atoms with Gasteiger partial charge in [0.05, 0.1) is 5.41 Å². The summed E-state index contributed by atoms with van der Waals surface area (Å²) in [6.07, 6.45) is 8.06. The van der Waals surface area contributed by atoms with Crippen molar-refractivity contribution in [3.8, 4) is 0 Å². The summed E-state index contributed by atoms with van der Waals surface area (Å²) in [5.41, 5.74) is 5.62. The van der Waals surface area contributed by atoms with E-state index in [1.807, 2.05) is 0 Å². The average molecular weight is 267 g/mol. The Balaban J connectivity index is 1.81. The maximum atomic E-state index is 12.5. The summed E-state index contributed by atoms with van der Waals surface area (Å²) in [4.78, 5) is 14.9. The molecule has 0 spiro atoms. The fourth-order valence-electron chi connectivity index (χ4n) is 3.49. The van der Waals surface area contributed by atoms with Crippen molar-refractivity contribution in [2.24, 2.45) is 11.1 Å². The Morgan fingerprint density at radius 3 is 2.42 bits per heavy atom. The third-order valence-corrected chi connectivity index (χ3v) is 5.01. The van der Waals surface area contributed by atoms with Crippen LogP contribution in [0, 0.1) is 5.41 Å². The second-order valence-electron chi connectivity index (χ2n) is 6.35. The molecule has 1 amide bonds. The molecular weight excluding hydrogens is 238 g/mol. The normalized spacial score (nSPS) is 25.2. The minimum Gasteiger partial charge on any atom is -0.354 e. The van der Waals surface area contributed by atoms with Gasteiger partial charge in [-0.1, -0.05) is 19.3 Å². The first-order chi connectivity index (χ1) is 9.18. The molecule has 4 nitrogen and oxygen atoms in total. The largest absolute Gasteiger partial charge is 0.354 e. The van der Waals surface area contributed by atoms with Crippen LogP contribution in [0.4, 0.5) is 0 Å². The van der Waals surface area contributed by atoms with Crippen LogP contribution >= 0.6 is 0 Å². The molecule has 0 aromatic heterocycles. The highest BCUT2D eigenvalue weighted by molar-refractivity contribution is 5.83. The lowest BCUT2D eigenvalue weighted by molar-refractivity contribution is -0.132. The molecule has 0 aromatic rings. The van der Waals surface area contributed by atoms with E-state index in [9.17, 15) is 4.79 Å². The average Bonchev–Trinajstić information content (AvgIpc) is 2.99. The number of hydrogen-bond donors (Lipinski definition) is 2. The van der Waals surface area contributed by atoms with E-state index in [4.69, 9.17) is 5.73 Å². The monoisotopic (exact) mass is 267 g/mol. The lowest BCUT2D eigenvalue weighted by Crippen LogP contribution is -2.50. The highest BCUT2D eigenvalue weighted by atomic mass is 16.2. The zero-order valence-electron chi connectivity index (χ0n) is 12.3. The third-order valence-electron chi connectivity index (χ3n) is 5.01. The van der Waals surface area contributed by atoms with Crippen LogP contribution in [-0.4, -0.2) is 43.0 Å². The van der Waals surface area contributed by atoms with Crippen LogP contribution in [0.5, 0.6) is 0 Å². The van der Waals surface area contributed by atoms with Crippen LogP contribution in [0.3, 0.4) is 0 Å². The standard InChI is InChI=1S/C15H29N3O/c1-13(18-9-5-6-10-18)11-17-14(19)15(12-16)7-3-2-4-8-15/h13H,2-12,16H2,1H3,(H,17,19). The summed E-state index contributed by atoms with van der Waals surface area (Å²) < 4.78 is 0. The van der Waals surface area contributed by atoms with Gasteiger partial charge in [0.25, 0.3) is 0 Å². The molecule has 1 saturated heterocycles. The van der Waals surface area contributed by atoms with Crippen molar-refractivity contribution in [1.82, 2.24) is 10.2 Å². The molecule has 0 radical (unpaired) electrons. The number of rotatable bonds is 5. The van der Waals surface area contributed by atoms with E-state index in [0.29, 0.717) is 12.6 Å². The first-order valence-corrected chi connectivity index (χ1v) is 7.90. The van der Waals surface area contributed by atoms with Gasteiger partial charge in [-0.2, -0.15) is 0 Å². The van der Waals surface area contributed by atoms with E-state index >= 15 is 0 Å². The maximum Gasteiger partial charge on any atom is 0.227 e. The molecule has 19 heavy (non-hydrogen) atoms. The van der Waals surface area contributed by atoms with E-state index in [2.05, 4.69) is 17.1 Å². The number of nitrogens with one attached hydrogen (secondary N) is 1. The minimum atomic E-state index is -0.275. The van der Waals surface area contributed by atoms with E-state index in [1.165, 1.54) is 32.4 Å². The number of nitrogens with two attached hydrogens (primary N) is 1. The molecule has 1 aliphatic carbocycles. The second-order valence-corrected chi connectivity index (χ2v) is 6.35. The Morgan fingerprint density at radius 1 is 1.21 bits per heavy atom. The lowest BCUT2D eigenvalue weighted by atomic mass is 9.73. The fourth-order valence-corrected chi connectivity index (χ4v) is 3.49. The smallest absolute Gasteiger partial charge is 0.227 e. The molecule has 110 valence electrons. The van der Waals surface area contributed by atoms with E-state index in [-0.39, 0.29) is 11.3 Å². The van der Waals surface area contributed by atoms with Crippen molar-refractivity contribution in [3.63, 3.8) is 0 Å². The SMILES string of the molecule is CC(CNC(=O)C1(CN)CCCCC1)N1CCCC1. The summed E-state index contributed by atoms with van der Waals surface area (Å²) in [5, 5.41) is 3.16. The minimum absolute atomic E-state index is 0.195. The number of nitrogens with zero attached hydrogens (tertiary/aromatic N) is 1. The Kier molecular flexibility index (Phi) is 5.22. The molecule has 3 N–H and O–H groups in total. The lowest BCUT2D eigenvalue weighted by Gasteiger charge is -2.35. The van der Waals surface area contributed by atoms with Gasteiger partial charge in [0.1, 0.15) is 0 Å². The molecule has 1 saturated carbocycles. The van der Waals surface area contributed by atoms with Gasteiger partial charge in [-0.25, -0.2) is 0 Å². The first-order valence-electron chi connectivity index (χ1n) is 7.90. The summed E-state index contributed by atoms with van der Waals surface area (Å²) in [5.74, 6) is 0.195. The Hall–Kier alpha value is -0.610. The van der Waals surface area contributed by atoms with Gasteiger partial charge in [0.2, 0.25) is 5.91 Å². The van der Waals surface area contributed by atoms with Gasteiger partial charge in [-0.15, -0.1) is 0 Å². The van der Waals surface area contributed by atoms with Crippen molar-refractivity contribution in [1.29, 1.82) is 0 Å². The Morgan fingerprint density at radius 2 is 1.84 bits per heavy atom. The van der Waals surface area contributed by atoms with Crippen LogP contribution in [0.15, 0.2) is 0 Å². The number of amides is 1. The van der Waals surface area contributed by atoms with Gasteiger partial charge in [-0.05, 0) is 45.7 Å². The highest BCUT2D eigenvalue weighted by Crippen LogP contribution is 2.35. The molecule has 1 unspecified atom stereocenters. The summed E-state index contributed by atoms with van der Waals surface area (Å²) in [6.45, 7) is 5.83. The predicted molar refractivity (Wildman–Crippen MR) is 77.9 cm³/mol. The summed E-state index contributed by atoms with van der Waals surface area (Å²) in [7, 11) is 0. The molecule has 1 heterocycles. The zero-order valence-corrected chi connectivity index (χ0v) is 12.3. The Labute approximate surface area is 117 Å². The van der Waals surface area contributed by atoms with Crippen LogP contribution in [0.2, 0.25) is 0 Å². The van der Waals surface area contributed by atoms with Crippen molar-refractivity contribution < 1.29 is 4.79 Å². The fraction of sp³-hybridized carbons (Fsp3) is 0.933. The molecule has 2 rings (SSSR count). The molecule has 0 aromatic carbocycles. The number of carbonyl (C=O) groups excluding carboxylic acids is 1. The van der Waals surface area contributed by atoms with Crippen LogP contribution in [0.25, 0.3) is 0 Å². The van der Waals surface area contributed by atoms with Crippen molar-refractivity contribution in [2.75, 3.05) is 26.2 Å². The van der Waals surface area contributed by atoms with Gasteiger partial charge in [0.15, 0.2) is 0 Å². The second kappa shape index (κ2) is 6.71. The van der Waals surface area contributed by atoms with Crippen LogP contribution in [-0.2, 0) is 4.79 Å². The molecule has 4 heteroatoms. The molecular formula is C15H29N3O. The van der Waals surface area contributed by atoms with Crippen molar-refractivity contribution >= 4 is 5.91 Å². The predicted octanol–water partition coefficient (Wildman–Crippen LogP) is 1.50. The van der Waals surface area contributed by atoms with Crippen LogP contribution in [0.1, 0.15) is 51.9 Å². The number of carbonyl (C=O) groups is 1. The summed E-state index contributed by atoms with van der Waals surface area (Å²) >= 11 is 0.